The minimum atomic E-state index is -1.50. The van der Waals surface area contributed by atoms with Gasteiger partial charge in [-0.05, 0) is 0 Å². The first-order valence-corrected chi connectivity index (χ1v) is 0.565. The van der Waals surface area contributed by atoms with Crippen LogP contribution in [-0.4, -0.2) is 45.6 Å². The van der Waals surface area contributed by atoms with E-state index in [9.17, 15) is 0 Å². The topological polar surface area (TPSA) is 158 Å². The zero-order chi connectivity index (χ0) is 3.58. The van der Waals surface area contributed by atoms with Crippen LogP contribution in [0.3, 0.4) is 0 Å². The molecule has 0 atom stereocenters. The first-order valence-electron chi connectivity index (χ1n) is 0.565. The van der Waals surface area contributed by atoms with E-state index >= 15 is 0 Å². The molecule has 0 saturated heterocycles. The standard InChI is InChI=1S/Li.HNO3.3H2O.H/c;2-1(3)4;;;;/h;(H,2,3,4);3*1H2;. The Balaban J connectivity index is -0.00000000750. The first kappa shape index (κ1) is 47.8. The average Bonchev–Trinajstić information content (AvgIpc) is 0.811. The van der Waals surface area contributed by atoms with Crippen molar-refractivity contribution < 1.29 is 26.7 Å². The fourth-order valence-electron chi connectivity index (χ4n) is 0. The van der Waals surface area contributed by atoms with E-state index in [1.165, 1.54) is 0 Å². The van der Waals surface area contributed by atoms with Crippen LogP contribution in [0.25, 0.3) is 0 Å². The second kappa shape index (κ2) is 30.0. The van der Waals surface area contributed by atoms with E-state index in [0.29, 0.717) is 0 Å². The van der Waals surface area contributed by atoms with E-state index in [4.69, 9.17) is 15.3 Å². The van der Waals surface area contributed by atoms with Gasteiger partial charge in [0.15, 0.2) is 0 Å². The third-order valence-electron chi connectivity index (χ3n) is 0. The van der Waals surface area contributed by atoms with Crippen LogP contribution in [0.15, 0.2) is 0 Å². The molecule has 7 nitrogen and oxygen atoms in total. The Morgan fingerprint density at radius 3 is 1.25 bits per heavy atom. The molecule has 0 aromatic rings. The summed E-state index contributed by atoms with van der Waals surface area (Å²) in [6.45, 7) is 0. The van der Waals surface area contributed by atoms with Crippen molar-refractivity contribution in [2.75, 3.05) is 0 Å². The quantitative estimate of drug-likeness (QED) is 0.202. The second-order valence-electron chi connectivity index (χ2n) is 0.238. The van der Waals surface area contributed by atoms with Crippen LogP contribution in [0, 0.1) is 10.1 Å². The van der Waals surface area contributed by atoms with Crippen LogP contribution in [0.5, 0.6) is 0 Å². The molecule has 0 fully saturated rings. The molecule has 0 aliphatic carbocycles. The van der Waals surface area contributed by atoms with Gasteiger partial charge < -0.3 is 21.6 Å². The van der Waals surface area contributed by atoms with Crippen LogP contribution < -0.4 is 0 Å². The normalized spacial score (nSPS) is 3.00. The van der Waals surface area contributed by atoms with Crippen molar-refractivity contribution in [3.8, 4) is 0 Å². The van der Waals surface area contributed by atoms with Gasteiger partial charge in [0.05, 0.1) is 0 Å². The monoisotopic (exact) mass is 125 g/mol. The molecule has 8 heteroatoms. The predicted octanol–water partition coefficient (Wildman–Crippen LogP) is -3.47. The van der Waals surface area contributed by atoms with Crippen molar-refractivity contribution in [1.29, 1.82) is 0 Å². The van der Waals surface area contributed by atoms with Crippen molar-refractivity contribution in [3.63, 3.8) is 0 Å². The number of hydrogen-bond donors (Lipinski definition) is 1. The van der Waals surface area contributed by atoms with Gasteiger partial charge in [-0.15, -0.1) is 10.1 Å². The molecule has 0 rings (SSSR count). The Labute approximate surface area is 56.5 Å². The van der Waals surface area contributed by atoms with Gasteiger partial charge in [0, 0.05) is 0 Å². The molecule has 0 unspecified atom stereocenters. The Hall–Kier alpha value is -0.323. The molecule has 0 aromatic heterocycles. The van der Waals surface area contributed by atoms with Crippen LogP contribution in [-0.2, 0) is 0 Å². The van der Waals surface area contributed by atoms with Gasteiger partial charge in [0.1, 0.15) is 0 Å². The zero-order valence-electron chi connectivity index (χ0n) is 3.21. The van der Waals surface area contributed by atoms with E-state index in [0.717, 1.165) is 0 Å². The molecule has 7 N–H and O–H groups in total. The van der Waals surface area contributed by atoms with Crippen LogP contribution in [0.4, 0.5) is 0 Å². The number of hydrogen-bond acceptors (Lipinski definition) is 2. The summed E-state index contributed by atoms with van der Waals surface area (Å²) in [7, 11) is 0. The predicted molar refractivity (Wildman–Crippen MR) is 26.8 cm³/mol. The van der Waals surface area contributed by atoms with Crippen LogP contribution in [0.2, 0.25) is 0 Å². The Morgan fingerprint density at radius 1 is 1.25 bits per heavy atom. The summed E-state index contributed by atoms with van der Waals surface area (Å²) in [6.07, 6.45) is 0. The maximum atomic E-state index is 8.36. The Kier molecular flexibility index (Phi) is 179. The molecular formula is H8LiNO6. The van der Waals surface area contributed by atoms with Gasteiger partial charge in [0.2, 0.25) is 0 Å². The number of nitrogens with zero attached hydrogens (tertiary/aromatic N) is 1. The average molecular weight is 125 g/mol. The third kappa shape index (κ3) is 1190. The summed E-state index contributed by atoms with van der Waals surface area (Å²) in [5, 5.41) is 13.6. The molecule has 0 aromatic carbocycles. The van der Waals surface area contributed by atoms with Crippen molar-refractivity contribution >= 4 is 18.9 Å². The summed E-state index contributed by atoms with van der Waals surface area (Å²) in [4.78, 5) is 8.36. The molecule has 0 aliphatic rings. The number of rotatable bonds is 0. The molecule has 0 spiro atoms. The van der Waals surface area contributed by atoms with Gasteiger partial charge in [-0.1, -0.05) is 0 Å². The van der Waals surface area contributed by atoms with E-state index in [1.807, 2.05) is 0 Å². The van der Waals surface area contributed by atoms with Crippen molar-refractivity contribution in [2.24, 2.45) is 0 Å². The molecule has 0 bridgehead atoms. The maximum absolute atomic E-state index is 8.36. The molecule has 8 heavy (non-hydrogen) atoms. The molecule has 0 heterocycles. The van der Waals surface area contributed by atoms with Gasteiger partial charge >= 0.3 is 18.9 Å². The molecule has 0 saturated carbocycles. The fraction of sp³-hybridized carbons (Fsp3) is 0. The third-order valence-corrected chi connectivity index (χ3v) is 0. The minimum absolute atomic E-state index is 0. The molecular weight excluding hydrogens is 117 g/mol. The molecule has 0 amide bonds. The Morgan fingerprint density at radius 2 is 1.25 bits per heavy atom. The van der Waals surface area contributed by atoms with E-state index in [-0.39, 0.29) is 35.3 Å². The van der Waals surface area contributed by atoms with E-state index < -0.39 is 5.09 Å². The second-order valence-corrected chi connectivity index (χ2v) is 0.238. The molecule has 50 valence electrons. The van der Waals surface area contributed by atoms with Gasteiger partial charge in [-0.25, -0.2) is 0 Å². The van der Waals surface area contributed by atoms with Crippen LogP contribution in [0.1, 0.15) is 0 Å². The molecule has 0 radical (unpaired) electrons. The fourth-order valence-corrected chi connectivity index (χ4v) is 0. The Bertz CT molecular complexity index is 31.5. The van der Waals surface area contributed by atoms with Gasteiger partial charge in [-0.2, -0.15) is 0 Å². The summed E-state index contributed by atoms with van der Waals surface area (Å²) in [5.74, 6) is 0. The van der Waals surface area contributed by atoms with Crippen molar-refractivity contribution in [1.82, 2.24) is 0 Å². The zero-order valence-corrected chi connectivity index (χ0v) is 3.21. The summed E-state index contributed by atoms with van der Waals surface area (Å²) < 4.78 is 0. The van der Waals surface area contributed by atoms with Crippen molar-refractivity contribution in [2.45, 2.75) is 0 Å². The first-order chi connectivity index (χ1) is 1.73. The van der Waals surface area contributed by atoms with Gasteiger partial charge in [0.25, 0.3) is 5.09 Å². The molecule has 0 aliphatic heterocycles. The summed E-state index contributed by atoms with van der Waals surface area (Å²) in [6, 6.07) is 0. The SMILES string of the molecule is O.O.O.O=[N+]([O-])O.[LiH]. The van der Waals surface area contributed by atoms with Gasteiger partial charge in [-0.3, -0.25) is 0 Å². The van der Waals surface area contributed by atoms with Crippen LogP contribution >= 0.6 is 0 Å². The van der Waals surface area contributed by atoms with E-state index in [1.54, 1.807) is 0 Å². The van der Waals surface area contributed by atoms with E-state index in [2.05, 4.69) is 0 Å². The summed E-state index contributed by atoms with van der Waals surface area (Å²) in [5.41, 5.74) is 0. The summed E-state index contributed by atoms with van der Waals surface area (Å²) >= 11 is 0. The van der Waals surface area contributed by atoms with Crippen molar-refractivity contribution in [3.05, 3.63) is 10.1 Å².